The van der Waals surface area contributed by atoms with Crippen molar-refractivity contribution in [3.05, 3.63) is 0 Å². The van der Waals surface area contributed by atoms with Gasteiger partial charge < -0.3 is 5.11 Å². The smallest absolute Gasteiger partial charge is 0.306 e. The maximum atomic E-state index is 11.2. The van der Waals surface area contributed by atoms with E-state index in [0.29, 0.717) is 0 Å². The number of rotatable bonds is 5. The molecule has 88 valence electrons. The zero-order chi connectivity index (χ0) is 11.3. The molecule has 1 aliphatic rings. The van der Waals surface area contributed by atoms with Crippen molar-refractivity contribution in [1.82, 2.24) is 0 Å². The molecule has 0 aliphatic heterocycles. The van der Waals surface area contributed by atoms with Gasteiger partial charge in [0.1, 0.15) is 0 Å². The lowest BCUT2D eigenvalue weighted by Gasteiger charge is -2.40. The van der Waals surface area contributed by atoms with Gasteiger partial charge in [-0.15, -0.1) is 0 Å². The van der Waals surface area contributed by atoms with Gasteiger partial charge in [0.15, 0.2) is 0 Å². The largest absolute Gasteiger partial charge is 0.481 e. The molecule has 2 nitrogen and oxygen atoms in total. The van der Waals surface area contributed by atoms with Crippen LogP contribution in [0.5, 0.6) is 0 Å². The molecule has 0 saturated heterocycles. The number of hydrogen-bond acceptors (Lipinski definition) is 1. The molecule has 1 unspecified atom stereocenters. The standard InChI is InChI=1S/C13H24O2/c1-3-4-8-13(11(2)12(14)15)9-6-5-7-10-13/h11H,3-10H2,1-2H3,(H,14,15). The zero-order valence-electron chi connectivity index (χ0n) is 10.1. The summed E-state index contributed by atoms with van der Waals surface area (Å²) in [6.45, 7) is 4.09. The molecule has 0 heterocycles. The van der Waals surface area contributed by atoms with Gasteiger partial charge in [0, 0.05) is 0 Å². The Morgan fingerprint density at radius 1 is 1.33 bits per heavy atom. The van der Waals surface area contributed by atoms with Crippen LogP contribution in [0.2, 0.25) is 0 Å². The van der Waals surface area contributed by atoms with E-state index in [0.717, 1.165) is 19.3 Å². The van der Waals surface area contributed by atoms with Crippen molar-refractivity contribution in [1.29, 1.82) is 0 Å². The molecule has 0 amide bonds. The molecule has 1 atom stereocenters. The average molecular weight is 212 g/mol. The third-order valence-electron chi connectivity index (χ3n) is 4.17. The van der Waals surface area contributed by atoms with E-state index in [2.05, 4.69) is 6.92 Å². The molecule has 0 bridgehead atoms. The van der Waals surface area contributed by atoms with E-state index in [1.165, 1.54) is 32.1 Å². The van der Waals surface area contributed by atoms with Crippen LogP contribution in [0, 0.1) is 11.3 Å². The molecular weight excluding hydrogens is 188 g/mol. The van der Waals surface area contributed by atoms with Gasteiger partial charge in [-0.1, -0.05) is 46.0 Å². The van der Waals surface area contributed by atoms with E-state index in [1.807, 2.05) is 6.92 Å². The molecule has 15 heavy (non-hydrogen) atoms. The Kier molecular flexibility index (Phi) is 4.62. The molecule has 0 radical (unpaired) electrons. The highest BCUT2D eigenvalue weighted by atomic mass is 16.4. The normalized spacial score (nSPS) is 22.3. The molecule has 0 aromatic rings. The van der Waals surface area contributed by atoms with Crippen molar-refractivity contribution in [2.24, 2.45) is 11.3 Å². The number of carbonyl (C=O) groups is 1. The summed E-state index contributed by atoms with van der Waals surface area (Å²) in [5.41, 5.74) is 0.111. The van der Waals surface area contributed by atoms with Crippen LogP contribution in [0.25, 0.3) is 0 Å². The first-order valence-corrected chi connectivity index (χ1v) is 6.35. The second-order valence-electron chi connectivity index (χ2n) is 5.09. The fourth-order valence-corrected chi connectivity index (χ4v) is 2.95. The first-order valence-electron chi connectivity index (χ1n) is 6.35. The fourth-order valence-electron chi connectivity index (χ4n) is 2.95. The van der Waals surface area contributed by atoms with Crippen LogP contribution in [0.3, 0.4) is 0 Å². The van der Waals surface area contributed by atoms with E-state index in [-0.39, 0.29) is 11.3 Å². The maximum Gasteiger partial charge on any atom is 0.306 e. The molecule has 1 N–H and O–H groups in total. The Morgan fingerprint density at radius 3 is 2.40 bits per heavy atom. The lowest BCUT2D eigenvalue weighted by atomic mass is 9.64. The van der Waals surface area contributed by atoms with Crippen LogP contribution in [0.1, 0.15) is 65.2 Å². The summed E-state index contributed by atoms with van der Waals surface area (Å²) in [5, 5.41) is 9.20. The van der Waals surface area contributed by atoms with Crippen molar-refractivity contribution in [3.8, 4) is 0 Å². The molecule has 1 fully saturated rings. The van der Waals surface area contributed by atoms with Gasteiger partial charge in [0.25, 0.3) is 0 Å². The Bertz CT molecular complexity index is 205. The van der Waals surface area contributed by atoms with Crippen LogP contribution in [-0.4, -0.2) is 11.1 Å². The Labute approximate surface area is 93.1 Å². The quantitative estimate of drug-likeness (QED) is 0.751. The first kappa shape index (κ1) is 12.5. The first-order chi connectivity index (χ1) is 7.12. The lowest BCUT2D eigenvalue weighted by molar-refractivity contribution is -0.147. The third kappa shape index (κ3) is 2.96. The highest BCUT2D eigenvalue weighted by Crippen LogP contribution is 2.46. The van der Waals surface area contributed by atoms with Gasteiger partial charge >= 0.3 is 5.97 Å². The summed E-state index contributed by atoms with van der Waals surface area (Å²) in [7, 11) is 0. The van der Waals surface area contributed by atoms with Gasteiger partial charge in [-0.05, 0) is 24.7 Å². The van der Waals surface area contributed by atoms with E-state index in [9.17, 15) is 9.90 Å². The van der Waals surface area contributed by atoms with Gasteiger partial charge in [-0.25, -0.2) is 0 Å². The third-order valence-corrected chi connectivity index (χ3v) is 4.17. The molecule has 1 saturated carbocycles. The predicted octanol–water partition coefficient (Wildman–Crippen LogP) is 3.85. The molecule has 0 aromatic carbocycles. The lowest BCUT2D eigenvalue weighted by Crippen LogP contribution is -2.36. The summed E-state index contributed by atoms with van der Waals surface area (Å²) in [6.07, 6.45) is 9.45. The van der Waals surface area contributed by atoms with Crippen LogP contribution in [0.15, 0.2) is 0 Å². The minimum Gasteiger partial charge on any atom is -0.481 e. The SMILES string of the molecule is CCCCC1(C(C)C(=O)O)CCCCC1. The van der Waals surface area contributed by atoms with Gasteiger partial charge in [-0.3, -0.25) is 4.79 Å². The minimum atomic E-state index is -0.604. The number of unbranched alkanes of at least 4 members (excludes halogenated alkanes) is 1. The summed E-state index contributed by atoms with van der Waals surface area (Å²) in [6, 6.07) is 0. The summed E-state index contributed by atoms with van der Waals surface area (Å²) in [5.74, 6) is -0.766. The minimum absolute atomic E-state index is 0.111. The van der Waals surface area contributed by atoms with Crippen LogP contribution < -0.4 is 0 Å². The monoisotopic (exact) mass is 212 g/mol. The van der Waals surface area contributed by atoms with E-state index < -0.39 is 5.97 Å². The Hall–Kier alpha value is -0.530. The molecule has 1 rings (SSSR count). The summed E-state index contributed by atoms with van der Waals surface area (Å²) in [4.78, 5) is 11.2. The number of carboxylic acid groups (broad SMARTS) is 1. The Balaban J connectivity index is 2.69. The second kappa shape index (κ2) is 5.53. The molecule has 2 heteroatoms. The molecular formula is C13H24O2. The molecule has 0 spiro atoms. The van der Waals surface area contributed by atoms with Gasteiger partial charge in [0.2, 0.25) is 0 Å². The second-order valence-corrected chi connectivity index (χ2v) is 5.09. The van der Waals surface area contributed by atoms with Crippen LogP contribution in [0.4, 0.5) is 0 Å². The van der Waals surface area contributed by atoms with Crippen molar-refractivity contribution >= 4 is 5.97 Å². The zero-order valence-corrected chi connectivity index (χ0v) is 10.1. The van der Waals surface area contributed by atoms with E-state index in [4.69, 9.17) is 0 Å². The molecule has 0 aromatic heterocycles. The van der Waals surface area contributed by atoms with Gasteiger partial charge in [-0.2, -0.15) is 0 Å². The van der Waals surface area contributed by atoms with Crippen molar-refractivity contribution in [2.45, 2.75) is 65.2 Å². The summed E-state index contributed by atoms with van der Waals surface area (Å²) < 4.78 is 0. The number of aliphatic carboxylic acids is 1. The fraction of sp³-hybridized carbons (Fsp3) is 0.923. The van der Waals surface area contributed by atoms with Gasteiger partial charge in [0.05, 0.1) is 5.92 Å². The van der Waals surface area contributed by atoms with Crippen molar-refractivity contribution < 1.29 is 9.90 Å². The number of hydrogen-bond donors (Lipinski definition) is 1. The maximum absolute atomic E-state index is 11.2. The average Bonchev–Trinajstić information content (AvgIpc) is 2.26. The predicted molar refractivity (Wildman–Crippen MR) is 61.8 cm³/mol. The summed E-state index contributed by atoms with van der Waals surface area (Å²) >= 11 is 0. The van der Waals surface area contributed by atoms with Crippen LogP contribution >= 0.6 is 0 Å². The number of carboxylic acids is 1. The highest BCUT2D eigenvalue weighted by molar-refractivity contribution is 5.70. The topological polar surface area (TPSA) is 37.3 Å². The Morgan fingerprint density at radius 2 is 1.93 bits per heavy atom. The molecule has 1 aliphatic carbocycles. The van der Waals surface area contributed by atoms with Crippen LogP contribution in [-0.2, 0) is 4.79 Å². The van der Waals surface area contributed by atoms with E-state index in [1.54, 1.807) is 0 Å². The van der Waals surface area contributed by atoms with E-state index >= 15 is 0 Å². The van der Waals surface area contributed by atoms with Crippen molar-refractivity contribution in [2.75, 3.05) is 0 Å². The highest BCUT2D eigenvalue weighted by Gasteiger charge is 2.40. The van der Waals surface area contributed by atoms with Crippen molar-refractivity contribution in [3.63, 3.8) is 0 Å².